The zero-order chi connectivity index (χ0) is 87.2. The van der Waals surface area contributed by atoms with Crippen molar-refractivity contribution < 1.29 is 65.2 Å². The highest BCUT2D eigenvalue weighted by Gasteiger charge is 2.29. The molecule has 3 N–H and O–H groups in total. The lowest BCUT2D eigenvalue weighted by molar-refractivity contribution is -0.144. The highest BCUT2D eigenvalue weighted by molar-refractivity contribution is 14.1. The zero-order valence-electron chi connectivity index (χ0n) is 65.7. The molecule has 3 aromatic carbocycles. The van der Waals surface area contributed by atoms with Crippen LogP contribution in [0.5, 0.6) is 17.2 Å². The molecule has 44 heteroatoms. The molecule has 642 valence electrons. The maximum Gasteiger partial charge on any atom is 0.327 e. The molecule has 0 saturated carbocycles. The number of hydrogen-bond donors (Lipinski definition) is 3. The summed E-state index contributed by atoms with van der Waals surface area (Å²) in [5, 5.41) is 41.4. The molecule has 0 spiro atoms. The highest BCUT2D eigenvalue weighted by Crippen LogP contribution is 2.37. The van der Waals surface area contributed by atoms with Gasteiger partial charge in [0.05, 0.1) is 99.4 Å². The van der Waals surface area contributed by atoms with Crippen molar-refractivity contribution in [3.8, 4) is 28.8 Å². The highest BCUT2D eigenvalue weighted by atomic mass is 127. The third-order valence-corrected chi connectivity index (χ3v) is 22.8. The zero-order valence-corrected chi connectivity index (χ0v) is 76.6. The van der Waals surface area contributed by atoms with Crippen LogP contribution in [-0.4, -0.2) is 229 Å². The van der Waals surface area contributed by atoms with Gasteiger partial charge in [0.15, 0.2) is 40.3 Å². The Morgan fingerprint density at radius 1 is 0.488 bits per heavy atom. The van der Waals surface area contributed by atoms with Crippen molar-refractivity contribution in [2.24, 2.45) is 0 Å². The largest absolute Gasteiger partial charge is 0.495 e. The predicted molar refractivity (Wildman–Crippen MR) is 488 cm³/mol. The molecule has 3 aliphatic rings. The van der Waals surface area contributed by atoms with E-state index in [0.717, 1.165) is 73.6 Å². The lowest BCUT2D eigenvalue weighted by Gasteiger charge is -2.36. The molecular formula is C79H75Cl3F3I4N23O11. The SMILES string of the molecule is CCOC(=O)Cn1nc(I)c2cccnc21.COc1cc(N2CCN(C(=O)Cn3nc(-c4ncco4)c4cccnc43)CC2)c(F)cc1Cl.COc1cc(N2CCN(C(=O)Cn3nc(I)c4cccnc43)CC2)c(F)cc1Cl.COc1cc(N2CCNCC2)c(F)cc1Cl.Ic1[nH]nc2ncccc12.O=C(O)Cn1nc(I)c2cccnc21.c1cocn1. The molecular weight excluding hydrogens is 2120 g/mol. The van der Waals surface area contributed by atoms with Gasteiger partial charge in [-0.05, 0) is 176 Å². The van der Waals surface area contributed by atoms with E-state index in [-0.39, 0.29) is 59.8 Å². The van der Waals surface area contributed by atoms with Crippen LogP contribution in [0.3, 0.4) is 0 Å². The van der Waals surface area contributed by atoms with Gasteiger partial charge in [-0.3, -0.25) is 24.3 Å². The Hall–Kier alpha value is -10.6. The first-order valence-electron chi connectivity index (χ1n) is 37.4. The van der Waals surface area contributed by atoms with Gasteiger partial charge in [-0.1, -0.05) is 34.8 Å². The number of piperazine rings is 3. The van der Waals surface area contributed by atoms with Crippen LogP contribution in [0.2, 0.25) is 15.1 Å². The van der Waals surface area contributed by atoms with E-state index in [1.165, 1.54) is 63.1 Å². The molecule has 15 aromatic rings. The number of anilines is 3. The number of methoxy groups -OCH3 is 3. The number of esters is 1. The summed E-state index contributed by atoms with van der Waals surface area (Å²) in [7, 11) is 4.51. The molecule has 0 bridgehead atoms. The quantitative estimate of drug-likeness (QED) is 0.0597. The van der Waals surface area contributed by atoms with Crippen LogP contribution in [-0.2, 0) is 50.1 Å². The summed E-state index contributed by atoms with van der Waals surface area (Å²) in [6.07, 6.45) is 15.9. The Morgan fingerprint density at radius 2 is 0.894 bits per heavy atom. The first kappa shape index (κ1) is 91.6. The van der Waals surface area contributed by atoms with Gasteiger partial charge in [-0.2, -0.15) is 25.5 Å². The number of carboxylic acid groups (broad SMARTS) is 1. The average molecular weight is 2190 g/mol. The average Bonchev–Trinajstić information content (AvgIpc) is 1.65. The summed E-state index contributed by atoms with van der Waals surface area (Å²) in [6.45, 7) is 9.44. The van der Waals surface area contributed by atoms with Crippen LogP contribution in [0.25, 0.3) is 66.8 Å². The van der Waals surface area contributed by atoms with Crippen molar-refractivity contribution in [2.45, 2.75) is 33.1 Å². The van der Waals surface area contributed by atoms with Crippen molar-refractivity contribution in [1.29, 1.82) is 0 Å². The summed E-state index contributed by atoms with van der Waals surface area (Å²) in [5.41, 5.74) is 5.30. The number of carbonyl (C=O) groups is 4. The van der Waals surface area contributed by atoms with Gasteiger partial charge < -0.3 is 62.7 Å². The van der Waals surface area contributed by atoms with Crippen molar-refractivity contribution in [1.82, 2.24) is 99.3 Å². The number of aliphatic carboxylic acids is 1. The Labute approximate surface area is 768 Å². The van der Waals surface area contributed by atoms with Gasteiger partial charge in [-0.25, -0.2) is 66.8 Å². The number of amides is 2. The number of aromatic amines is 1. The van der Waals surface area contributed by atoms with Crippen LogP contribution in [0.1, 0.15) is 6.92 Å². The number of aromatic nitrogens is 17. The van der Waals surface area contributed by atoms with Gasteiger partial charge in [0.1, 0.15) is 88.2 Å². The second-order valence-corrected chi connectivity index (χ2v) is 31.6. The minimum absolute atomic E-state index is 0.0251. The van der Waals surface area contributed by atoms with E-state index < -0.39 is 17.6 Å². The van der Waals surface area contributed by atoms with Gasteiger partial charge in [0.25, 0.3) is 0 Å². The van der Waals surface area contributed by atoms with Crippen molar-refractivity contribution in [3.05, 3.63) is 207 Å². The fourth-order valence-electron chi connectivity index (χ4n) is 12.8. The number of carboxylic acids is 1. The normalized spacial score (nSPS) is 13.1. The lowest BCUT2D eigenvalue weighted by Crippen LogP contribution is -2.50. The molecule has 15 heterocycles. The molecule has 18 rings (SSSR count). The minimum atomic E-state index is -0.920. The number of nitrogens with zero attached hydrogens (tertiary/aromatic N) is 21. The standard InChI is InChI=1S/C22H20ClFN6O3.C19H18ClFIN5O2.C11H14ClFN2O.C10H10IN3O2.C8H6IN3O2.C6H4IN3.C3H3NO/c1-32-18-12-17(16(24)11-15(18)23)28-6-8-29(9-7-28)19(31)13-30-21-14(3-2-4-25-21)20(27-30)22-26-5-10-33-22;1-29-16-10-15(14(21)9-13(16)20)25-5-7-26(8-6-25)17(28)11-27-19-12(18(22)24-27)3-2-4-23-19;1-16-11-7-10(9(13)6-8(11)12)15-4-2-14-3-5-15;1-2-16-8(15)6-14-10-7(9(11)13-14)4-3-5-12-10;9-7-5-2-1-3-10-8(5)12(11-7)4-6(13)14;7-5-4-2-1-3-8-6(4)10-9-5;1-2-5-3-4-1/h2-5,10-12H,6-9,13H2,1H3;2-4,9-10H,5-8,11H2,1H3;6-7,14H,2-5H2,1H3;3-5H,2,6H2,1H3;1-3H,4H2,(H,13,14);1-3H,(H,8,9,10);1-3H. The van der Waals surface area contributed by atoms with E-state index in [0.29, 0.717) is 132 Å². The monoisotopic (exact) mass is 2190 g/mol. The minimum Gasteiger partial charge on any atom is -0.495 e. The summed E-state index contributed by atoms with van der Waals surface area (Å²) in [4.78, 5) is 85.7. The fraction of sp³-hybridized carbons (Fsp3) is 0.266. The first-order chi connectivity index (χ1) is 59.5. The molecule has 3 aliphatic heterocycles. The molecule has 0 unspecified atom stereocenters. The Morgan fingerprint density at radius 3 is 1.28 bits per heavy atom. The van der Waals surface area contributed by atoms with Crippen LogP contribution < -0.4 is 34.2 Å². The van der Waals surface area contributed by atoms with E-state index in [1.54, 1.807) is 104 Å². The number of nitrogens with one attached hydrogen (secondary N) is 2. The molecule has 0 aliphatic carbocycles. The number of H-pyrrole nitrogens is 1. The lowest BCUT2D eigenvalue weighted by atomic mass is 10.2. The molecule has 3 saturated heterocycles. The molecule has 2 amide bonds. The van der Waals surface area contributed by atoms with Crippen molar-refractivity contribution in [2.75, 3.05) is 121 Å². The Bertz CT molecular complexity index is 6100. The Balaban J connectivity index is 0.000000139. The molecule has 34 nitrogen and oxygen atoms in total. The Kier molecular flexibility index (Phi) is 32.9. The summed E-state index contributed by atoms with van der Waals surface area (Å²) < 4.78 is 82.4. The van der Waals surface area contributed by atoms with E-state index in [2.05, 4.69) is 166 Å². The van der Waals surface area contributed by atoms with E-state index in [9.17, 15) is 32.3 Å². The van der Waals surface area contributed by atoms with Crippen molar-refractivity contribution in [3.63, 3.8) is 0 Å². The maximum atomic E-state index is 14.5. The predicted octanol–water partition coefficient (Wildman–Crippen LogP) is 13.3. The third kappa shape index (κ3) is 23.5. The maximum absolute atomic E-state index is 14.5. The molecule has 0 radical (unpaired) electrons. The number of carbonyl (C=O) groups excluding carboxylic acids is 3. The van der Waals surface area contributed by atoms with Gasteiger partial charge >= 0.3 is 11.9 Å². The number of hydrogen-bond acceptors (Lipinski definition) is 26. The number of oxazole rings is 2. The van der Waals surface area contributed by atoms with E-state index >= 15 is 0 Å². The number of rotatable bonds is 16. The summed E-state index contributed by atoms with van der Waals surface area (Å²) >= 11 is 26.3. The third-order valence-electron chi connectivity index (χ3n) is 18.7. The molecule has 3 fully saturated rings. The summed E-state index contributed by atoms with van der Waals surface area (Å²) in [5.74, 6) is -0.764. The molecule has 123 heavy (non-hydrogen) atoms. The van der Waals surface area contributed by atoms with Gasteiger partial charge in [0.2, 0.25) is 17.7 Å². The van der Waals surface area contributed by atoms with Gasteiger partial charge in [-0.15, -0.1) is 0 Å². The number of ether oxygens (including phenoxy) is 4. The fourth-order valence-corrected chi connectivity index (χ4v) is 16.1. The molecule has 12 aromatic heterocycles. The van der Waals surface area contributed by atoms with Crippen LogP contribution >= 0.6 is 125 Å². The van der Waals surface area contributed by atoms with E-state index in [1.807, 2.05) is 63.2 Å². The smallest absolute Gasteiger partial charge is 0.327 e. The van der Waals surface area contributed by atoms with Crippen LogP contribution in [0.15, 0.2) is 168 Å². The topological polar surface area (TPSA) is 370 Å². The first-order valence-corrected chi connectivity index (χ1v) is 42.8. The number of fused-ring (bicyclic) bond motifs is 5. The van der Waals surface area contributed by atoms with Gasteiger partial charge in [0, 0.05) is 128 Å². The summed E-state index contributed by atoms with van der Waals surface area (Å²) in [6, 6.07) is 27.4. The number of halogens is 10. The second-order valence-electron chi connectivity index (χ2n) is 26.3. The van der Waals surface area contributed by atoms with Crippen LogP contribution in [0.4, 0.5) is 30.2 Å². The van der Waals surface area contributed by atoms with Crippen LogP contribution in [0, 0.1) is 32.3 Å². The number of benzene rings is 3. The van der Waals surface area contributed by atoms with E-state index in [4.69, 9.17) is 63.3 Å². The number of pyridine rings is 5. The molecule has 0 atom stereocenters. The second kappa shape index (κ2) is 44.1. The van der Waals surface area contributed by atoms with Crippen molar-refractivity contribution >= 4 is 221 Å².